The highest BCUT2D eigenvalue weighted by molar-refractivity contribution is 9.10. The predicted molar refractivity (Wildman–Crippen MR) is 64.1 cm³/mol. The van der Waals surface area contributed by atoms with Crippen molar-refractivity contribution in [3.8, 4) is 0 Å². The molecular weight excluding hydrogens is 317 g/mol. The van der Waals surface area contributed by atoms with Crippen molar-refractivity contribution in [3.05, 3.63) is 22.7 Å². The summed E-state index contributed by atoms with van der Waals surface area (Å²) in [5.41, 5.74) is 6.39. The molecule has 0 aliphatic carbocycles. The number of hydrogen-bond donors (Lipinski definition) is 2. The quantitative estimate of drug-likeness (QED) is 0.836. The van der Waals surface area contributed by atoms with Gasteiger partial charge in [0, 0.05) is 10.2 Å². The van der Waals surface area contributed by atoms with E-state index in [1.54, 1.807) is 12.1 Å². The second-order valence-electron chi connectivity index (χ2n) is 3.40. The van der Waals surface area contributed by atoms with Crippen LogP contribution in [-0.4, -0.2) is 25.3 Å². The minimum absolute atomic E-state index is 0.407. The number of ether oxygens (including phenoxy) is 1. The topological polar surface area (TPSA) is 64.3 Å². The van der Waals surface area contributed by atoms with Crippen LogP contribution in [0.15, 0.2) is 22.7 Å². The van der Waals surface area contributed by atoms with Gasteiger partial charge in [-0.3, -0.25) is 4.79 Å². The first kappa shape index (κ1) is 14.8. The Balaban J connectivity index is 2.45. The molecule has 0 unspecified atom stereocenters. The number of halogens is 4. The molecule has 1 aromatic carbocycles. The lowest BCUT2D eigenvalue weighted by Gasteiger charge is -2.09. The molecule has 4 nitrogen and oxygen atoms in total. The van der Waals surface area contributed by atoms with E-state index >= 15 is 0 Å². The van der Waals surface area contributed by atoms with Crippen molar-refractivity contribution in [3.63, 3.8) is 0 Å². The molecular formula is C10H10BrF3N2O2. The molecule has 0 fully saturated rings. The summed E-state index contributed by atoms with van der Waals surface area (Å²) in [6.07, 6.45) is -4.44. The van der Waals surface area contributed by atoms with Crippen LogP contribution in [0.3, 0.4) is 0 Å². The van der Waals surface area contributed by atoms with Crippen LogP contribution in [0.25, 0.3) is 0 Å². The third-order valence-corrected chi connectivity index (χ3v) is 2.42. The van der Waals surface area contributed by atoms with Gasteiger partial charge in [0.2, 0.25) is 5.91 Å². The van der Waals surface area contributed by atoms with Crippen LogP contribution < -0.4 is 11.1 Å². The molecule has 1 aromatic rings. The number of carbonyl (C=O) groups is 1. The standard InChI is InChI=1S/C10H10BrF3N2O2/c11-7-3-6(15)1-2-8(7)16-9(17)4-18-5-10(12,13)14/h1-3H,4-5,15H2,(H,16,17). The molecule has 0 aliphatic heterocycles. The summed E-state index contributed by atoms with van der Waals surface area (Å²) in [5, 5.41) is 2.39. The first-order valence-corrected chi connectivity index (χ1v) is 5.56. The van der Waals surface area contributed by atoms with Crippen molar-refractivity contribution in [2.75, 3.05) is 24.3 Å². The fraction of sp³-hybridized carbons (Fsp3) is 0.300. The van der Waals surface area contributed by atoms with E-state index in [1.807, 2.05) is 0 Å². The summed E-state index contributed by atoms with van der Waals surface area (Å²) < 4.78 is 40.0. The van der Waals surface area contributed by atoms with Crippen LogP contribution in [0.4, 0.5) is 24.5 Å². The van der Waals surface area contributed by atoms with Crippen LogP contribution in [0.2, 0.25) is 0 Å². The molecule has 3 N–H and O–H groups in total. The molecule has 0 bridgehead atoms. The van der Waals surface area contributed by atoms with Gasteiger partial charge < -0.3 is 15.8 Å². The highest BCUT2D eigenvalue weighted by Gasteiger charge is 2.27. The molecule has 0 aliphatic rings. The molecule has 18 heavy (non-hydrogen) atoms. The Bertz CT molecular complexity index is 438. The fourth-order valence-electron chi connectivity index (χ4n) is 1.08. The molecule has 0 aromatic heterocycles. The first-order chi connectivity index (χ1) is 8.28. The number of alkyl halides is 3. The van der Waals surface area contributed by atoms with Crippen LogP contribution in [0.1, 0.15) is 0 Å². The second kappa shape index (κ2) is 6.05. The van der Waals surface area contributed by atoms with Gasteiger partial charge >= 0.3 is 6.18 Å². The van der Waals surface area contributed by atoms with Gasteiger partial charge in [-0.15, -0.1) is 0 Å². The summed E-state index contributed by atoms with van der Waals surface area (Å²) in [6, 6.07) is 4.64. The van der Waals surface area contributed by atoms with Crippen molar-refractivity contribution in [2.45, 2.75) is 6.18 Å². The number of benzene rings is 1. The Morgan fingerprint density at radius 1 is 1.44 bits per heavy atom. The molecule has 0 radical (unpaired) electrons. The summed E-state index contributed by atoms with van der Waals surface area (Å²) >= 11 is 3.16. The zero-order valence-corrected chi connectivity index (χ0v) is 10.6. The minimum atomic E-state index is -4.44. The summed E-state index contributed by atoms with van der Waals surface area (Å²) in [4.78, 5) is 11.3. The van der Waals surface area contributed by atoms with Gasteiger partial charge in [0.05, 0.1) is 5.69 Å². The van der Waals surface area contributed by atoms with Crippen molar-refractivity contribution >= 4 is 33.2 Å². The van der Waals surface area contributed by atoms with Gasteiger partial charge in [0.15, 0.2) is 0 Å². The molecule has 0 heterocycles. The smallest absolute Gasteiger partial charge is 0.399 e. The lowest BCUT2D eigenvalue weighted by molar-refractivity contribution is -0.174. The maximum atomic E-state index is 11.8. The minimum Gasteiger partial charge on any atom is -0.399 e. The third kappa shape index (κ3) is 5.37. The average Bonchev–Trinajstić information content (AvgIpc) is 2.20. The van der Waals surface area contributed by atoms with Crippen LogP contribution in [-0.2, 0) is 9.53 Å². The normalized spacial score (nSPS) is 11.3. The van der Waals surface area contributed by atoms with E-state index < -0.39 is 25.3 Å². The number of nitrogen functional groups attached to an aromatic ring is 1. The summed E-state index contributed by atoms with van der Waals surface area (Å²) in [5.74, 6) is -0.676. The van der Waals surface area contributed by atoms with Crippen molar-refractivity contribution in [1.82, 2.24) is 0 Å². The summed E-state index contributed by atoms with van der Waals surface area (Å²) in [7, 11) is 0. The average molecular weight is 327 g/mol. The first-order valence-electron chi connectivity index (χ1n) is 4.77. The lowest BCUT2D eigenvalue weighted by Crippen LogP contribution is -2.24. The van der Waals surface area contributed by atoms with Crippen molar-refractivity contribution in [1.29, 1.82) is 0 Å². The molecule has 0 saturated heterocycles. The number of anilines is 2. The van der Waals surface area contributed by atoms with Gasteiger partial charge in [-0.25, -0.2) is 0 Å². The van der Waals surface area contributed by atoms with Crippen molar-refractivity contribution in [2.24, 2.45) is 0 Å². The zero-order chi connectivity index (χ0) is 13.8. The zero-order valence-electron chi connectivity index (χ0n) is 9.05. The Morgan fingerprint density at radius 2 is 2.11 bits per heavy atom. The molecule has 0 atom stereocenters. The highest BCUT2D eigenvalue weighted by Crippen LogP contribution is 2.24. The number of rotatable bonds is 4. The SMILES string of the molecule is Nc1ccc(NC(=O)COCC(F)(F)F)c(Br)c1. The Morgan fingerprint density at radius 3 is 2.67 bits per heavy atom. The summed E-state index contributed by atoms with van der Waals surface area (Å²) in [6.45, 7) is -2.13. The van der Waals surface area contributed by atoms with E-state index in [-0.39, 0.29) is 0 Å². The highest BCUT2D eigenvalue weighted by atomic mass is 79.9. The third-order valence-electron chi connectivity index (χ3n) is 1.77. The van der Waals surface area contributed by atoms with E-state index in [4.69, 9.17) is 5.73 Å². The Kier molecular flexibility index (Phi) is 4.97. The molecule has 1 amide bonds. The molecule has 0 saturated carbocycles. The van der Waals surface area contributed by atoms with Crippen LogP contribution >= 0.6 is 15.9 Å². The molecule has 100 valence electrons. The molecule has 0 spiro atoms. The van der Waals surface area contributed by atoms with Gasteiger partial charge in [-0.2, -0.15) is 13.2 Å². The van der Waals surface area contributed by atoms with E-state index in [9.17, 15) is 18.0 Å². The van der Waals surface area contributed by atoms with Gasteiger partial charge in [0.1, 0.15) is 13.2 Å². The second-order valence-corrected chi connectivity index (χ2v) is 4.25. The van der Waals surface area contributed by atoms with Gasteiger partial charge in [0.25, 0.3) is 0 Å². The van der Waals surface area contributed by atoms with E-state index in [1.165, 1.54) is 6.07 Å². The lowest BCUT2D eigenvalue weighted by atomic mass is 10.3. The van der Waals surface area contributed by atoms with Crippen molar-refractivity contribution < 1.29 is 22.7 Å². The Hall–Kier alpha value is -1.28. The number of nitrogens with one attached hydrogen (secondary N) is 1. The number of carbonyl (C=O) groups excluding carboxylic acids is 1. The van der Waals surface area contributed by atoms with E-state index in [2.05, 4.69) is 26.0 Å². The van der Waals surface area contributed by atoms with Gasteiger partial charge in [-0.1, -0.05) is 0 Å². The molecule has 8 heteroatoms. The van der Waals surface area contributed by atoms with E-state index in [0.717, 1.165) is 0 Å². The number of amides is 1. The number of hydrogen-bond acceptors (Lipinski definition) is 3. The van der Waals surface area contributed by atoms with E-state index in [0.29, 0.717) is 15.8 Å². The van der Waals surface area contributed by atoms with Gasteiger partial charge in [-0.05, 0) is 34.1 Å². The monoisotopic (exact) mass is 326 g/mol. The van der Waals surface area contributed by atoms with Crippen LogP contribution in [0.5, 0.6) is 0 Å². The fourth-order valence-corrected chi connectivity index (χ4v) is 1.57. The molecule has 1 rings (SSSR count). The van der Waals surface area contributed by atoms with Crippen LogP contribution in [0, 0.1) is 0 Å². The largest absolute Gasteiger partial charge is 0.411 e. The Labute approximate surface area is 109 Å². The maximum absolute atomic E-state index is 11.8. The number of nitrogens with two attached hydrogens (primary N) is 1. The maximum Gasteiger partial charge on any atom is 0.411 e. The predicted octanol–water partition coefficient (Wildman–Crippen LogP) is 2.55.